The average molecular weight is 329 g/mol. The average Bonchev–Trinajstić information content (AvgIpc) is 2.89. The maximum absolute atomic E-state index is 12.2. The van der Waals surface area contributed by atoms with Gasteiger partial charge in [0.15, 0.2) is 0 Å². The number of carbonyl (C=O) groups is 1. The molecular weight excluding hydrogens is 296 g/mol. The molecule has 0 aromatic heterocycles. The van der Waals surface area contributed by atoms with Gasteiger partial charge in [-0.1, -0.05) is 13.8 Å². The summed E-state index contributed by atoms with van der Waals surface area (Å²) in [5.41, 5.74) is 0.719. The molecule has 1 aliphatic heterocycles. The van der Waals surface area contributed by atoms with E-state index in [4.69, 9.17) is 0 Å². The quantitative estimate of drug-likeness (QED) is 0.717. The van der Waals surface area contributed by atoms with Gasteiger partial charge < -0.3 is 4.90 Å². The van der Waals surface area contributed by atoms with Crippen molar-refractivity contribution in [3.05, 3.63) is 0 Å². The third-order valence-corrected chi connectivity index (χ3v) is 9.09. The van der Waals surface area contributed by atoms with E-state index in [-0.39, 0.29) is 0 Å². The topological polar surface area (TPSA) is 44.1 Å². The van der Waals surface area contributed by atoms with Crippen molar-refractivity contribution in [3.8, 4) is 6.07 Å². The van der Waals surface area contributed by atoms with E-state index in [1.807, 2.05) is 7.05 Å². The Morgan fingerprint density at radius 2 is 1.83 bits per heavy atom. The van der Waals surface area contributed by atoms with Gasteiger partial charge in [0.05, 0.1) is 6.07 Å². The van der Waals surface area contributed by atoms with Gasteiger partial charge in [-0.25, -0.2) is 0 Å². The number of nitriles is 1. The molecule has 24 heavy (non-hydrogen) atoms. The monoisotopic (exact) mass is 328 g/mol. The van der Waals surface area contributed by atoms with Gasteiger partial charge in [-0.05, 0) is 79.4 Å². The number of likely N-dealkylation sites (tertiary alicyclic amines) is 1. The number of hydrogen-bond donors (Lipinski definition) is 0. The van der Waals surface area contributed by atoms with Crippen molar-refractivity contribution in [3.63, 3.8) is 0 Å². The molecule has 4 rings (SSSR count). The molecule has 3 saturated carbocycles. The molecule has 1 saturated heterocycles. The first kappa shape index (κ1) is 16.4. The molecule has 0 bridgehead atoms. The molecule has 3 aliphatic carbocycles. The largest absolute Gasteiger partial charge is 0.342 e. The van der Waals surface area contributed by atoms with E-state index in [0.717, 1.165) is 37.0 Å². The van der Waals surface area contributed by atoms with Crippen molar-refractivity contribution in [1.82, 2.24) is 4.90 Å². The standard InChI is InChI=1S/C21H32N2O/c1-20-11-8-17-15(16(20)6-4-14(20)10-13-22)5-7-18-21(17,2)12-9-19(24)23(18)3/h14-18H,4-12H2,1-3H3/t14-,15+,16+,17+,18?,20-,21-/m1/s1. The normalized spacial score (nSPS) is 50.7. The number of hydrogen-bond acceptors (Lipinski definition) is 2. The van der Waals surface area contributed by atoms with E-state index >= 15 is 0 Å². The predicted molar refractivity (Wildman–Crippen MR) is 93.9 cm³/mol. The van der Waals surface area contributed by atoms with Gasteiger partial charge in [-0.3, -0.25) is 4.79 Å². The second kappa shape index (κ2) is 5.48. The van der Waals surface area contributed by atoms with E-state index in [9.17, 15) is 10.1 Å². The fourth-order valence-electron chi connectivity index (χ4n) is 7.70. The van der Waals surface area contributed by atoms with Crippen LogP contribution in [0.2, 0.25) is 0 Å². The first-order chi connectivity index (χ1) is 11.4. The van der Waals surface area contributed by atoms with Gasteiger partial charge in [-0.2, -0.15) is 5.26 Å². The number of piperidine rings is 1. The second-order valence-corrected chi connectivity index (χ2v) is 9.66. The number of nitrogens with zero attached hydrogens (tertiary/aromatic N) is 2. The zero-order valence-corrected chi connectivity index (χ0v) is 15.6. The minimum atomic E-state index is 0.320. The van der Waals surface area contributed by atoms with Gasteiger partial charge >= 0.3 is 0 Å². The van der Waals surface area contributed by atoms with E-state index in [0.29, 0.717) is 28.7 Å². The molecule has 1 heterocycles. The van der Waals surface area contributed by atoms with Gasteiger partial charge in [0, 0.05) is 25.9 Å². The van der Waals surface area contributed by atoms with E-state index < -0.39 is 0 Å². The molecule has 1 amide bonds. The lowest BCUT2D eigenvalue weighted by Crippen LogP contribution is -2.61. The van der Waals surface area contributed by atoms with Crippen LogP contribution in [0.3, 0.4) is 0 Å². The summed E-state index contributed by atoms with van der Waals surface area (Å²) >= 11 is 0. The lowest BCUT2D eigenvalue weighted by molar-refractivity contribution is -0.158. The molecule has 3 heteroatoms. The Bertz CT molecular complexity index is 581. The fraction of sp³-hybridized carbons (Fsp3) is 0.905. The highest BCUT2D eigenvalue weighted by Gasteiger charge is 2.60. The van der Waals surface area contributed by atoms with Gasteiger partial charge in [-0.15, -0.1) is 0 Å². The zero-order valence-electron chi connectivity index (χ0n) is 15.6. The molecule has 3 nitrogen and oxygen atoms in total. The molecule has 4 fully saturated rings. The molecule has 1 unspecified atom stereocenters. The Kier molecular flexibility index (Phi) is 3.75. The molecule has 132 valence electrons. The van der Waals surface area contributed by atoms with Crippen LogP contribution in [0.1, 0.15) is 71.6 Å². The van der Waals surface area contributed by atoms with Crippen molar-refractivity contribution in [1.29, 1.82) is 5.26 Å². The summed E-state index contributed by atoms with van der Waals surface area (Å²) in [6.07, 6.45) is 10.3. The molecule has 0 aromatic rings. The van der Waals surface area contributed by atoms with E-state index in [1.165, 1.54) is 38.5 Å². The predicted octanol–water partition coefficient (Wildman–Crippen LogP) is 4.38. The van der Waals surface area contributed by atoms with Crippen LogP contribution in [-0.4, -0.2) is 23.9 Å². The lowest BCUT2D eigenvalue weighted by Gasteiger charge is -2.61. The molecule has 0 aromatic carbocycles. The first-order valence-corrected chi connectivity index (χ1v) is 10.0. The van der Waals surface area contributed by atoms with Crippen LogP contribution in [0.15, 0.2) is 0 Å². The maximum Gasteiger partial charge on any atom is 0.222 e. The molecular formula is C21H32N2O. The minimum Gasteiger partial charge on any atom is -0.342 e. The van der Waals surface area contributed by atoms with E-state index in [1.54, 1.807) is 0 Å². The number of amides is 1. The number of rotatable bonds is 1. The van der Waals surface area contributed by atoms with Crippen LogP contribution < -0.4 is 0 Å². The van der Waals surface area contributed by atoms with Crippen LogP contribution in [-0.2, 0) is 4.79 Å². The highest BCUT2D eigenvalue weighted by atomic mass is 16.2. The summed E-state index contributed by atoms with van der Waals surface area (Å²) in [6, 6.07) is 2.92. The lowest BCUT2D eigenvalue weighted by atomic mass is 9.47. The summed E-state index contributed by atoms with van der Waals surface area (Å²) in [4.78, 5) is 14.3. The van der Waals surface area contributed by atoms with Crippen LogP contribution in [0, 0.1) is 45.8 Å². The zero-order chi connectivity index (χ0) is 17.1. The minimum absolute atomic E-state index is 0.320. The summed E-state index contributed by atoms with van der Waals surface area (Å²) in [6.45, 7) is 4.98. The fourth-order valence-corrected chi connectivity index (χ4v) is 7.70. The van der Waals surface area contributed by atoms with Gasteiger partial charge in [0.2, 0.25) is 5.91 Å². The van der Waals surface area contributed by atoms with Crippen molar-refractivity contribution >= 4 is 5.91 Å². The Labute approximate surface area is 146 Å². The summed E-state index contributed by atoms with van der Waals surface area (Å²) < 4.78 is 0. The SMILES string of the molecule is CN1C(=O)CC[C@@]2(C)C1CC[C@H]1[C@@H]3CC[C@H](CC#N)[C@@]3(C)CC[C@@H]12. The number of fused-ring (bicyclic) bond motifs is 5. The summed E-state index contributed by atoms with van der Waals surface area (Å²) in [5, 5.41) is 9.23. The Morgan fingerprint density at radius 3 is 2.58 bits per heavy atom. The highest BCUT2D eigenvalue weighted by Crippen LogP contribution is 2.66. The third-order valence-electron chi connectivity index (χ3n) is 9.09. The number of carbonyl (C=O) groups excluding carboxylic acids is 1. The van der Waals surface area contributed by atoms with Crippen molar-refractivity contribution in [2.75, 3.05) is 7.05 Å². The van der Waals surface area contributed by atoms with Crippen molar-refractivity contribution < 1.29 is 4.79 Å². The van der Waals surface area contributed by atoms with Crippen LogP contribution >= 0.6 is 0 Å². The Morgan fingerprint density at radius 1 is 1.08 bits per heavy atom. The first-order valence-electron chi connectivity index (χ1n) is 10.0. The Hall–Kier alpha value is -1.04. The molecule has 0 spiro atoms. The Balaban J connectivity index is 1.62. The molecule has 0 radical (unpaired) electrons. The second-order valence-electron chi connectivity index (χ2n) is 9.66. The summed E-state index contributed by atoms with van der Waals surface area (Å²) in [7, 11) is 2.04. The van der Waals surface area contributed by atoms with Crippen molar-refractivity contribution in [2.45, 2.75) is 77.7 Å². The van der Waals surface area contributed by atoms with Crippen LogP contribution in [0.4, 0.5) is 0 Å². The maximum atomic E-state index is 12.2. The highest BCUT2D eigenvalue weighted by molar-refractivity contribution is 5.77. The van der Waals surface area contributed by atoms with Gasteiger partial charge in [0.1, 0.15) is 0 Å². The van der Waals surface area contributed by atoms with Crippen LogP contribution in [0.25, 0.3) is 0 Å². The molecule has 0 N–H and O–H groups in total. The molecule has 4 aliphatic rings. The third kappa shape index (κ3) is 2.04. The smallest absolute Gasteiger partial charge is 0.222 e. The van der Waals surface area contributed by atoms with Gasteiger partial charge in [0.25, 0.3) is 0 Å². The van der Waals surface area contributed by atoms with Crippen LogP contribution in [0.5, 0.6) is 0 Å². The molecule has 7 atom stereocenters. The van der Waals surface area contributed by atoms with E-state index in [2.05, 4.69) is 24.8 Å². The van der Waals surface area contributed by atoms with Crippen molar-refractivity contribution in [2.24, 2.45) is 34.5 Å². The summed E-state index contributed by atoms with van der Waals surface area (Å²) in [5.74, 6) is 3.40.